The summed E-state index contributed by atoms with van der Waals surface area (Å²) in [7, 11) is 0. The summed E-state index contributed by atoms with van der Waals surface area (Å²) in [5.74, 6) is 0.241. The summed E-state index contributed by atoms with van der Waals surface area (Å²) < 4.78 is 12.5. The van der Waals surface area contributed by atoms with E-state index in [1.165, 1.54) is 11.3 Å². The fourth-order valence-electron chi connectivity index (χ4n) is 2.09. The lowest BCUT2D eigenvalue weighted by atomic mass is 10.2. The zero-order valence-electron chi connectivity index (χ0n) is 12.2. The number of thiophene rings is 1. The quantitative estimate of drug-likeness (QED) is 0.346. The van der Waals surface area contributed by atoms with Crippen molar-refractivity contribution in [1.29, 1.82) is 0 Å². The Balaban J connectivity index is 1.60. The predicted molar refractivity (Wildman–Crippen MR) is 102 cm³/mol. The van der Waals surface area contributed by atoms with Gasteiger partial charge in [-0.3, -0.25) is 0 Å². The van der Waals surface area contributed by atoms with Crippen LogP contribution in [0, 0.1) is 0 Å². The maximum absolute atomic E-state index is 12.2. The molecule has 3 rings (SSSR count). The highest BCUT2D eigenvalue weighted by atomic mass is 79.9. The van der Waals surface area contributed by atoms with Crippen LogP contribution in [0.2, 0.25) is 10.0 Å². The van der Waals surface area contributed by atoms with Crippen molar-refractivity contribution >= 4 is 66.5 Å². The Kier molecular flexibility index (Phi) is 5.66. The molecule has 1 heterocycles. The summed E-state index contributed by atoms with van der Waals surface area (Å²) in [4.78, 5) is 12.6. The molecule has 0 N–H and O–H groups in total. The average molecular weight is 446 g/mol. The summed E-state index contributed by atoms with van der Waals surface area (Å²) in [5, 5.41) is 1.79. The summed E-state index contributed by atoms with van der Waals surface area (Å²) in [6, 6.07) is 12.8. The van der Waals surface area contributed by atoms with Crippen molar-refractivity contribution in [1.82, 2.24) is 0 Å². The minimum Gasteiger partial charge on any atom is -0.490 e. The van der Waals surface area contributed by atoms with Gasteiger partial charge in [0.2, 0.25) is 0 Å². The van der Waals surface area contributed by atoms with E-state index in [1.807, 2.05) is 24.3 Å². The van der Waals surface area contributed by atoms with Crippen molar-refractivity contribution in [3.05, 3.63) is 61.9 Å². The largest absolute Gasteiger partial charge is 0.490 e. The van der Waals surface area contributed by atoms with Crippen LogP contribution >= 0.6 is 50.5 Å². The molecule has 0 fully saturated rings. The molecular weight excluding hydrogens is 435 g/mol. The van der Waals surface area contributed by atoms with E-state index < -0.39 is 5.97 Å². The molecule has 3 aromatic rings. The van der Waals surface area contributed by atoms with Crippen molar-refractivity contribution in [3.63, 3.8) is 0 Å². The topological polar surface area (TPSA) is 35.5 Å². The van der Waals surface area contributed by atoms with E-state index in [1.54, 1.807) is 18.2 Å². The van der Waals surface area contributed by atoms with Gasteiger partial charge in [-0.1, -0.05) is 51.3 Å². The molecule has 0 radical (unpaired) electrons. The van der Waals surface area contributed by atoms with E-state index in [0.717, 1.165) is 14.6 Å². The van der Waals surface area contributed by atoms with Crippen LogP contribution in [0.15, 0.2) is 46.9 Å². The number of ether oxygens (including phenoxy) is 2. The predicted octanol–water partition coefficient (Wildman–Crippen LogP) is 6.21. The normalized spacial score (nSPS) is 10.8. The maximum atomic E-state index is 12.2. The first-order valence-corrected chi connectivity index (χ1v) is 9.34. The molecule has 0 saturated heterocycles. The van der Waals surface area contributed by atoms with Gasteiger partial charge in [-0.25, -0.2) is 4.79 Å². The van der Waals surface area contributed by atoms with E-state index in [-0.39, 0.29) is 13.2 Å². The summed E-state index contributed by atoms with van der Waals surface area (Å²) >= 11 is 16.9. The van der Waals surface area contributed by atoms with Gasteiger partial charge in [0.05, 0.1) is 5.02 Å². The number of hydrogen-bond acceptors (Lipinski definition) is 4. The van der Waals surface area contributed by atoms with Crippen LogP contribution in [0.5, 0.6) is 5.75 Å². The highest BCUT2D eigenvalue weighted by Gasteiger charge is 2.18. The van der Waals surface area contributed by atoms with Gasteiger partial charge in [0.1, 0.15) is 23.8 Å². The third-order valence-electron chi connectivity index (χ3n) is 3.16. The molecule has 0 saturated carbocycles. The summed E-state index contributed by atoms with van der Waals surface area (Å²) in [5.41, 5.74) is 0. The SMILES string of the molecule is O=C(OCCOc1cccc(Br)c1)c1sc2cc(Cl)ccc2c1Cl. The Bertz CT molecular complexity index is 895. The molecule has 0 atom stereocenters. The lowest BCUT2D eigenvalue weighted by molar-refractivity contribution is 0.0456. The Morgan fingerprint density at radius 3 is 2.75 bits per heavy atom. The first kappa shape index (κ1) is 17.5. The highest BCUT2D eigenvalue weighted by molar-refractivity contribution is 9.10. The van der Waals surface area contributed by atoms with Crippen LogP contribution in [0.4, 0.5) is 0 Å². The Morgan fingerprint density at radius 2 is 1.96 bits per heavy atom. The molecule has 0 amide bonds. The van der Waals surface area contributed by atoms with Crippen LogP contribution in [-0.2, 0) is 4.74 Å². The molecule has 0 aliphatic rings. The zero-order valence-corrected chi connectivity index (χ0v) is 16.1. The molecule has 0 aliphatic carbocycles. The minimum atomic E-state index is -0.463. The zero-order chi connectivity index (χ0) is 17.1. The average Bonchev–Trinajstić information content (AvgIpc) is 2.88. The van der Waals surface area contributed by atoms with E-state index in [4.69, 9.17) is 32.7 Å². The molecule has 0 spiro atoms. The number of benzene rings is 2. The first-order chi connectivity index (χ1) is 11.5. The van der Waals surface area contributed by atoms with Crippen LogP contribution in [0.25, 0.3) is 10.1 Å². The van der Waals surface area contributed by atoms with E-state index in [9.17, 15) is 4.79 Å². The standard InChI is InChI=1S/C17H11BrCl2O3S/c18-10-2-1-3-12(8-10)22-6-7-23-17(21)16-15(20)13-5-4-11(19)9-14(13)24-16/h1-5,8-9H,6-7H2. The number of fused-ring (bicyclic) bond motifs is 1. The third-order valence-corrected chi connectivity index (χ3v) is 5.52. The molecule has 0 unspecified atom stereocenters. The van der Waals surface area contributed by atoms with Crippen molar-refractivity contribution in [3.8, 4) is 5.75 Å². The lowest BCUT2D eigenvalue weighted by Crippen LogP contribution is -2.11. The molecule has 3 nitrogen and oxygen atoms in total. The van der Waals surface area contributed by atoms with Gasteiger partial charge in [-0.15, -0.1) is 11.3 Å². The lowest BCUT2D eigenvalue weighted by Gasteiger charge is -2.07. The van der Waals surface area contributed by atoms with Gasteiger partial charge >= 0.3 is 5.97 Å². The monoisotopic (exact) mass is 444 g/mol. The van der Waals surface area contributed by atoms with Gasteiger partial charge in [0.25, 0.3) is 0 Å². The third kappa shape index (κ3) is 4.03. The summed E-state index contributed by atoms with van der Waals surface area (Å²) in [6.07, 6.45) is 0. The maximum Gasteiger partial charge on any atom is 0.350 e. The van der Waals surface area contributed by atoms with Crippen LogP contribution in [-0.4, -0.2) is 19.2 Å². The number of rotatable bonds is 5. The molecule has 2 aromatic carbocycles. The Morgan fingerprint density at radius 1 is 1.12 bits per heavy atom. The highest BCUT2D eigenvalue weighted by Crippen LogP contribution is 2.37. The van der Waals surface area contributed by atoms with E-state index in [0.29, 0.717) is 20.7 Å². The Labute approximate surface area is 161 Å². The van der Waals surface area contributed by atoms with Crippen LogP contribution in [0.3, 0.4) is 0 Å². The van der Waals surface area contributed by atoms with Crippen LogP contribution in [0.1, 0.15) is 9.67 Å². The molecule has 124 valence electrons. The van der Waals surface area contributed by atoms with Crippen molar-refractivity contribution < 1.29 is 14.3 Å². The molecule has 1 aromatic heterocycles. The van der Waals surface area contributed by atoms with Crippen molar-refractivity contribution in [2.24, 2.45) is 0 Å². The van der Waals surface area contributed by atoms with E-state index in [2.05, 4.69) is 15.9 Å². The van der Waals surface area contributed by atoms with Crippen LogP contribution < -0.4 is 4.74 Å². The second-order valence-corrected chi connectivity index (χ2v) is 7.61. The van der Waals surface area contributed by atoms with Gasteiger partial charge < -0.3 is 9.47 Å². The van der Waals surface area contributed by atoms with Gasteiger partial charge in [-0.2, -0.15) is 0 Å². The Hall–Kier alpha value is -1.27. The smallest absolute Gasteiger partial charge is 0.350 e. The number of hydrogen-bond donors (Lipinski definition) is 0. The number of esters is 1. The molecule has 24 heavy (non-hydrogen) atoms. The summed E-state index contributed by atoms with van der Waals surface area (Å²) in [6.45, 7) is 0.396. The van der Waals surface area contributed by atoms with E-state index >= 15 is 0 Å². The van der Waals surface area contributed by atoms with Gasteiger partial charge in [-0.05, 0) is 30.3 Å². The van der Waals surface area contributed by atoms with Crippen molar-refractivity contribution in [2.45, 2.75) is 0 Å². The fraction of sp³-hybridized carbons (Fsp3) is 0.118. The number of halogens is 3. The van der Waals surface area contributed by atoms with Crippen molar-refractivity contribution in [2.75, 3.05) is 13.2 Å². The minimum absolute atomic E-state index is 0.136. The second-order valence-electron chi connectivity index (χ2n) is 4.83. The molecule has 7 heteroatoms. The fourth-order valence-corrected chi connectivity index (χ4v) is 4.14. The molecular formula is C17H11BrCl2O3S. The van der Waals surface area contributed by atoms with Gasteiger partial charge in [0, 0.05) is 19.6 Å². The molecule has 0 bridgehead atoms. The number of carbonyl (C=O) groups excluding carboxylic acids is 1. The first-order valence-electron chi connectivity index (χ1n) is 6.97. The van der Waals surface area contributed by atoms with Gasteiger partial charge in [0.15, 0.2) is 0 Å². The molecule has 0 aliphatic heterocycles. The second kappa shape index (κ2) is 7.74. The number of carbonyl (C=O) groups is 1.